The van der Waals surface area contributed by atoms with Gasteiger partial charge in [0.05, 0.1) is 12.7 Å². The van der Waals surface area contributed by atoms with Gasteiger partial charge in [0.1, 0.15) is 5.75 Å². The van der Waals surface area contributed by atoms with E-state index in [0.717, 1.165) is 19.6 Å². The van der Waals surface area contributed by atoms with Crippen molar-refractivity contribution in [1.29, 1.82) is 0 Å². The van der Waals surface area contributed by atoms with E-state index in [2.05, 4.69) is 40.0 Å². The second kappa shape index (κ2) is 13.7. The Kier molecular flexibility index (Phi) is 16.1. The largest absolute Gasteiger partial charge is 0.496 e. The number of hydrogen-bond acceptors (Lipinski definition) is 4. The summed E-state index contributed by atoms with van der Waals surface area (Å²) in [4.78, 5) is 14.4. The summed E-state index contributed by atoms with van der Waals surface area (Å²) in [6, 6.07) is 3.32. The van der Waals surface area contributed by atoms with Crippen molar-refractivity contribution in [2.24, 2.45) is 0 Å². The van der Waals surface area contributed by atoms with Crippen LogP contribution in [0.2, 0.25) is 0 Å². The number of methoxy groups -OCH3 is 1. The van der Waals surface area contributed by atoms with Crippen LogP contribution in [0.4, 0.5) is 5.69 Å². The molecule has 9 heteroatoms. The first-order valence-corrected chi connectivity index (χ1v) is 7.46. The molecule has 0 saturated heterocycles. The molecule has 0 aromatic heterocycles. The van der Waals surface area contributed by atoms with E-state index in [1.807, 2.05) is 0 Å². The van der Waals surface area contributed by atoms with Gasteiger partial charge in [-0.25, -0.2) is 0 Å². The summed E-state index contributed by atoms with van der Waals surface area (Å²) in [6.07, 6.45) is 0. The molecule has 0 radical (unpaired) electrons. The van der Waals surface area contributed by atoms with E-state index in [0.29, 0.717) is 28.0 Å². The molecule has 0 atom stereocenters. The molecule has 0 fully saturated rings. The lowest BCUT2D eigenvalue weighted by Gasteiger charge is -2.18. The minimum Gasteiger partial charge on any atom is -0.496 e. The quantitative estimate of drug-likeness (QED) is 0.642. The third kappa shape index (κ3) is 8.08. The Morgan fingerprint density at radius 1 is 1.30 bits per heavy atom. The Morgan fingerprint density at radius 2 is 1.87 bits per heavy atom. The van der Waals surface area contributed by atoms with E-state index in [9.17, 15) is 4.79 Å². The predicted molar refractivity (Wildman–Crippen MR) is 103 cm³/mol. The van der Waals surface area contributed by atoms with E-state index in [1.54, 1.807) is 12.1 Å². The number of nitrogens with two attached hydrogens (primary N) is 1. The number of hydrogen-bond donors (Lipinski definition) is 2. The Morgan fingerprint density at radius 3 is 2.35 bits per heavy atom. The zero-order valence-corrected chi connectivity index (χ0v) is 16.7. The Hall–Kier alpha value is -0.730. The number of nitrogens with zero attached hydrogens (tertiary/aromatic N) is 1. The number of halogens is 3. The number of rotatable bonds is 7. The molecule has 23 heavy (non-hydrogen) atoms. The van der Waals surface area contributed by atoms with Crippen molar-refractivity contribution in [3.8, 4) is 5.75 Å². The first-order chi connectivity index (χ1) is 9.53. The average molecular weight is 435 g/mol. The van der Waals surface area contributed by atoms with Crippen molar-refractivity contribution in [3.05, 3.63) is 22.2 Å². The van der Waals surface area contributed by atoms with Crippen LogP contribution in [-0.4, -0.2) is 49.6 Å². The van der Waals surface area contributed by atoms with Crippen molar-refractivity contribution in [1.82, 2.24) is 10.2 Å². The summed E-state index contributed by atoms with van der Waals surface area (Å²) >= 11 is 3.32. The van der Waals surface area contributed by atoms with Crippen LogP contribution in [0.1, 0.15) is 24.2 Å². The van der Waals surface area contributed by atoms with E-state index in [1.165, 1.54) is 7.11 Å². The van der Waals surface area contributed by atoms with Crippen molar-refractivity contribution < 1.29 is 15.0 Å². The Balaban J connectivity index is -0.00000133. The van der Waals surface area contributed by atoms with E-state index >= 15 is 0 Å². The number of nitrogens with one attached hydrogen (secondary N) is 1. The van der Waals surface area contributed by atoms with Crippen LogP contribution in [0.5, 0.6) is 5.75 Å². The predicted octanol–water partition coefficient (Wildman–Crippen LogP) is 2.13. The van der Waals surface area contributed by atoms with Gasteiger partial charge in [0.2, 0.25) is 0 Å². The van der Waals surface area contributed by atoms with Gasteiger partial charge < -0.3 is 26.2 Å². The fraction of sp³-hybridized carbons (Fsp3) is 0.500. The van der Waals surface area contributed by atoms with Crippen molar-refractivity contribution >= 4 is 52.3 Å². The molecule has 0 aliphatic heterocycles. The summed E-state index contributed by atoms with van der Waals surface area (Å²) in [5.41, 5.74) is 6.80. The first-order valence-electron chi connectivity index (χ1n) is 6.67. The van der Waals surface area contributed by atoms with Crippen LogP contribution in [0.3, 0.4) is 0 Å². The molecule has 0 saturated carbocycles. The highest BCUT2D eigenvalue weighted by atomic mass is 79.9. The average Bonchev–Trinajstić information content (AvgIpc) is 2.45. The highest BCUT2D eigenvalue weighted by molar-refractivity contribution is 9.10. The summed E-state index contributed by atoms with van der Waals surface area (Å²) in [5.74, 6) is 0.320. The summed E-state index contributed by atoms with van der Waals surface area (Å²) in [5, 5.41) is 2.90. The van der Waals surface area contributed by atoms with E-state index in [4.69, 9.17) is 10.5 Å². The topological polar surface area (TPSA) is 99.1 Å². The molecule has 136 valence electrons. The van der Waals surface area contributed by atoms with Gasteiger partial charge in [0.25, 0.3) is 5.91 Å². The minimum absolute atomic E-state index is 0. The van der Waals surface area contributed by atoms with Gasteiger partial charge in [0, 0.05) is 29.3 Å². The smallest absolute Gasteiger partial charge is 0.255 e. The molecule has 0 spiro atoms. The second-order valence-corrected chi connectivity index (χ2v) is 5.21. The standard InChI is InChI=1S/C14H22BrN3O2.2ClH.H2O/c1-4-18(5-2)7-6-17-14(19)10-8-11(15)12(16)9-13(10)20-3;;;/h8-9H,4-7,16H2,1-3H3,(H,17,19);2*1H;1H2. The van der Waals surface area contributed by atoms with Crippen LogP contribution in [-0.2, 0) is 0 Å². The van der Waals surface area contributed by atoms with Gasteiger partial charge in [-0.1, -0.05) is 13.8 Å². The second-order valence-electron chi connectivity index (χ2n) is 4.36. The fourth-order valence-electron chi connectivity index (χ4n) is 1.88. The molecule has 1 aromatic rings. The van der Waals surface area contributed by atoms with Crippen molar-refractivity contribution in [2.45, 2.75) is 13.8 Å². The monoisotopic (exact) mass is 433 g/mol. The summed E-state index contributed by atoms with van der Waals surface area (Å²) < 4.78 is 5.89. The molecule has 1 amide bonds. The number of amides is 1. The van der Waals surface area contributed by atoms with Crippen LogP contribution < -0.4 is 15.8 Å². The SMILES string of the molecule is CCN(CC)CCNC(=O)c1cc(Br)c(N)cc1OC.Cl.Cl.O. The molecule has 0 aliphatic rings. The molecule has 0 aliphatic carbocycles. The molecule has 0 heterocycles. The number of carbonyl (C=O) groups is 1. The number of likely N-dealkylation sites (N-methyl/N-ethyl adjacent to an activating group) is 1. The lowest BCUT2D eigenvalue weighted by Crippen LogP contribution is -2.34. The van der Waals surface area contributed by atoms with Gasteiger partial charge in [-0.05, 0) is 35.1 Å². The number of nitrogen functional groups attached to an aromatic ring is 1. The van der Waals surface area contributed by atoms with Crippen LogP contribution in [0.15, 0.2) is 16.6 Å². The number of carbonyl (C=O) groups excluding carboxylic acids is 1. The molecular formula is C14H26BrCl2N3O3. The normalized spacial score (nSPS) is 9.26. The van der Waals surface area contributed by atoms with Crippen molar-refractivity contribution in [3.63, 3.8) is 0 Å². The maximum Gasteiger partial charge on any atom is 0.255 e. The minimum atomic E-state index is -0.158. The maximum atomic E-state index is 12.2. The molecule has 0 bridgehead atoms. The molecular weight excluding hydrogens is 409 g/mol. The highest BCUT2D eigenvalue weighted by Crippen LogP contribution is 2.28. The first kappa shape index (κ1) is 27.1. The highest BCUT2D eigenvalue weighted by Gasteiger charge is 2.14. The van der Waals surface area contributed by atoms with Gasteiger partial charge in [-0.2, -0.15) is 0 Å². The van der Waals surface area contributed by atoms with Crippen LogP contribution >= 0.6 is 40.7 Å². The lowest BCUT2D eigenvalue weighted by atomic mass is 10.1. The maximum absolute atomic E-state index is 12.2. The van der Waals surface area contributed by atoms with Crippen LogP contribution in [0, 0.1) is 0 Å². The third-order valence-electron chi connectivity index (χ3n) is 3.17. The number of anilines is 1. The van der Waals surface area contributed by atoms with Gasteiger partial charge in [-0.3, -0.25) is 4.79 Å². The van der Waals surface area contributed by atoms with Gasteiger partial charge in [-0.15, -0.1) is 24.8 Å². The lowest BCUT2D eigenvalue weighted by molar-refractivity contribution is 0.0946. The molecule has 6 nitrogen and oxygen atoms in total. The zero-order chi connectivity index (χ0) is 15.1. The Labute approximate surface area is 158 Å². The van der Waals surface area contributed by atoms with Crippen LogP contribution in [0.25, 0.3) is 0 Å². The Bertz CT molecular complexity index is 475. The van der Waals surface area contributed by atoms with Gasteiger partial charge in [0.15, 0.2) is 0 Å². The number of benzene rings is 1. The van der Waals surface area contributed by atoms with E-state index in [-0.39, 0.29) is 36.2 Å². The fourth-order valence-corrected chi connectivity index (χ4v) is 2.22. The van der Waals surface area contributed by atoms with Crippen molar-refractivity contribution in [2.75, 3.05) is 39.0 Å². The molecule has 1 aromatic carbocycles. The molecule has 0 unspecified atom stereocenters. The van der Waals surface area contributed by atoms with Gasteiger partial charge >= 0.3 is 0 Å². The molecule has 1 rings (SSSR count). The zero-order valence-electron chi connectivity index (χ0n) is 13.5. The third-order valence-corrected chi connectivity index (χ3v) is 3.86. The number of ether oxygens (including phenoxy) is 1. The van der Waals surface area contributed by atoms with E-state index < -0.39 is 0 Å². The summed E-state index contributed by atoms with van der Waals surface area (Å²) in [6.45, 7) is 7.59. The summed E-state index contributed by atoms with van der Waals surface area (Å²) in [7, 11) is 1.52. The molecule has 5 N–H and O–H groups in total.